The van der Waals surface area contributed by atoms with Crippen LogP contribution in [-0.4, -0.2) is 21.2 Å². The van der Waals surface area contributed by atoms with Crippen LogP contribution in [0, 0.1) is 0 Å². The Kier molecular flexibility index (Phi) is 3.24. The van der Waals surface area contributed by atoms with Crippen LogP contribution in [0.15, 0.2) is 16.0 Å². The molecule has 0 saturated heterocycles. The molecule has 6 nitrogen and oxygen atoms in total. The highest BCUT2D eigenvalue weighted by Gasteiger charge is 2.26. The minimum Gasteiger partial charge on any atom is -0.407 e. The van der Waals surface area contributed by atoms with Crippen LogP contribution in [0.2, 0.25) is 0 Å². The van der Waals surface area contributed by atoms with E-state index >= 15 is 0 Å². The quantitative estimate of drug-likeness (QED) is 0.843. The number of nitrogens with zero attached hydrogens (tertiary/aromatic N) is 3. The van der Waals surface area contributed by atoms with Crippen LogP contribution in [0.3, 0.4) is 0 Å². The second-order valence-corrected chi connectivity index (χ2v) is 6.14. The highest BCUT2D eigenvalue weighted by atomic mass is 32.1. The molecule has 0 radical (unpaired) electrons. The van der Waals surface area contributed by atoms with Crippen molar-refractivity contribution in [1.82, 2.24) is 20.5 Å². The molecule has 2 N–H and O–H groups in total. The topological polar surface area (TPSA) is 75.9 Å². The van der Waals surface area contributed by atoms with Gasteiger partial charge in [-0.3, -0.25) is 0 Å². The van der Waals surface area contributed by atoms with Crippen LogP contribution in [0.5, 0.6) is 0 Å². The average molecular weight is 279 g/mol. The van der Waals surface area contributed by atoms with Gasteiger partial charge in [-0.25, -0.2) is 4.98 Å². The summed E-state index contributed by atoms with van der Waals surface area (Å²) in [6.07, 6.45) is 4.29. The zero-order valence-corrected chi connectivity index (χ0v) is 11.8. The molecule has 0 spiro atoms. The lowest BCUT2D eigenvalue weighted by atomic mass is 10.1. The van der Waals surface area contributed by atoms with Gasteiger partial charge in [0.25, 0.3) is 0 Å². The maximum atomic E-state index is 5.58. The molecule has 19 heavy (non-hydrogen) atoms. The molecule has 2 aromatic rings. The van der Waals surface area contributed by atoms with Crippen LogP contribution in [0.25, 0.3) is 0 Å². The molecule has 1 aliphatic carbocycles. The third-order valence-electron chi connectivity index (χ3n) is 2.97. The predicted molar refractivity (Wildman–Crippen MR) is 72.9 cm³/mol. The Balaban J connectivity index is 1.62. The Morgan fingerprint density at radius 1 is 1.42 bits per heavy atom. The smallest absolute Gasteiger partial charge is 0.316 e. The van der Waals surface area contributed by atoms with Gasteiger partial charge in [0.05, 0.1) is 12.1 Å². The summed E-state index contributed by atoms with van der Waals surface area (Å²) in [4.78, 5) is 4.31. The van der Waals surface area contributed by atoms with Gasteiger partial charge in [-0.05, 0) is 26.7 Å². The first kappa shape index (κ1) is 12.6. The van der Waals surface area contributed by atoms with Crippen molar-refractivity contribution in [2.75, 3.05) is 5.32 Å². The van der Waals surface area contributed by atoms with Crippen molar-refractivity contribution in [3.63, 3.8) is 0 Å². The van der Waals surface area contributed by atoms with Crippen LogP contribution in [0.1, 0.15) is 37.6 Å². The van der Waals surface area contributed by atoms with Crippen molar-refractivity contribution >= 4 is 17.4 Å². The number of anilines is 1. The summed E-state index contributed by atoms with van der Waals surface area (Å²) in [5.41, 5.74) is -0.318. The molecule has 0 aliphatic heterocycles. The predicted octanol–water partition coefficient (Wildman–Crippen LogP) is 2.13. The second kappa shape index (κ2) is 4.90. The molecule has 1 saturated carbocycles. The van der Waals surface area contributed by atoms with Crippen molar-refractivity contribution in [2.24, 2.45) is 0 Å². The molecule has 0 bridgehead atoms. The fraction of sp³-hybridized carbons (Fsp3) is 0.583. The first-order valence-electron chi connectivity index (χ1n) is 6.37. The first-order chi connectivity index (χ1) is 9.13. The molecule has 0 aromatic carbocycles. The third kappa shape index (κ3) is 3.10. The fourth-order valence-electron chi connectivity index (χ4n) is 1.75. The Labute approximate surface area is 115 Å². The molecule has 1 fully saturated rings. The molecule has 0 unspecified atom stereocenters. The molecule has 0 atom stereocenters. The molecular formula is C12H17N5OS. The molecule has 7 heteroatoms. The summed E-state index contributed by atoms with van der Waals surface area (Å²) in [7, 11) is 0. The molecule has 2 heterocycles. The van der Waals surface area contributed by atoms with Crippen LogP contribution in [-0.2, 0) is 12.1 Å². The molecule has 102 valence electrons. The van der Waals surface area contributed by atoms with Crippen LogP contribution >= 0.6 is 11.3 Å². The van der Waals surface area contributed by atoms with Crippen molar-refractivity contribution in [2.45, 2.75) is 44.8 Å². The van der Waals surface area contributed by atoms with Gasteiger partial charge in [-0.1, -0.05) is 5.10 Å². The summed E-state index contributed by atoms with van der Waals surface area (Å²) in [5, 5.41) is 17.6. The van der Waals surface area contributed by atoms with E-state index in [1.165, 1.54) is 12.8 Å². The zero-order valence-electron chi connectivity index (χ0n) is 11.0. The van der Waals surface area contributed by atoms with Gasteiger partial charge in [0.1, 0.15) is 5.01 Å². The van der Waals surface area contributed by atoms with E-state index in [-0.39, 0.29) is 5.54 Å². The second-order valence-electron chi connectivity index (χ2n) is 5.24. The van der Waals surface area contributed by atoms with Gasteiger partial charge in [0.15, 0.2) is 0 Å². The summed E-state index contributed by atoms with van der Waals surface area (Å²) in [5.74, 6) is 0.615. The number of hydrogen-bond acceptors (Lipinski definition) is 7. The van der Waals surface area contributed by atoms with Gasteiger partial charge in [-0.15, -0.1) is 16.4 Å². The van der Waals surface area contributed by atoms with Crippen molar-refractivity contribution < 1.29 is 4.42 Å². The van der Waals surface area contributed by atoms with E-state index in [4.69, 9.17) is 4.42 Å². The minimum absolute atomic E-state index is 0.318. The van der Waals surface area contributed by atoms with Gasteiger partial charge < -0.3 is 15.1 Å². The minimum atomic E-state index is -0.318. The monoisotopic (exact) mass is 279 g/mol. The average Bonchev–Trinajstić information content (AvgIpc) is 2.87. The van der Waals surface area contributed by atoms with Crippen molar-refractivity contribution in [3.05, 3.63) is 22.5 Å². The molecule has 2 aromatic heterocycles. The summed E-state index contributed by atoms with van der Waals surface area (Å²) in [6, 6.07) is 1.07. The Bertz CT molecular complexity index is 532. The van der Waals surface area contributed by atoms with Crippen LogP contribution < -0.4 is 10.6 Å². The van der Waals surface area contributed by atoms with Gasteiger partial charge >= 0.3 is 6.01 Å². The lowest BCUT2D eigenvalue weighted by Crippen LogP contribution is -2.27. The standard InChI is InChI=1S/C12H17N5OS/c1-12(2,10-13-5-6-19-10)15-11-17-16-9(18-11)7-14-8-3-4-8/h5-6,8,14H,3-4,7H2,1-2H3,(H,15,17). The van der Waals surface area contributed by atoms with Crippen molar-refractivity contribution in [3.8, 4) is 0 Å². The van der Waals surface area contributed by atoms with Crippen molar-refractivity contribution in [1.29, 1.82) is 0 Å². The van der Waals surface area contributed by atoms with E-state index in [0.717, 1.165) is 5.01 Å². The number of hydrogen-bond donors (Lipinski definition) is 2. The van der Waals surface area contributed by atoms with Gasteiger partial charge in [0, 0.05) is 17.6 Å². The largest absolute Gasteiger partial charge is 0.407 e. The summed E-state index contributed by atoms with van der Waals surface area (Å²) < 4.78 is 5.58. The molecule has 0 amide bonds. The van der Waals surface area contributed by atoms with E-state index in [9.17, 15) is 0 Å². The van der Waals surface area contributed by atoms with E-state index in [2.05, 4.69) is 25.8 Å². The lowest BCUT2D eigenvalue weighted by molar-refractivity contribution is 0.460. The van der Waals surface area contributed by atoms with Gasteiger partial charge in [-0.2, -0.15) is 0 Å². The maximum absolute atomic E-state index is 5.58. The maximum Gasteiger partial charge on any atom is 0.316 e. The highest BCUT2D eigenvalue weighted by Crippen LogP contribution is 2.26. The number of nitrogens with one attached hydrogen (secondary N) is 2. The Morgan fingerprint density at radius 3 is 2.95 bits per heavy atom. The third-order valence-corrected chi connectivity index (χ3v) is 4.07. The number of rotatable bonds is 6. The SMILES string of the molecule is CC(C)(Nc1nnc(CNC2CC2)o1)c1nccs1. The highest BCUT2D eigenvalue weighted by molar-refractivity contribution is 7.09. The van der Waals surface area contributed by atoms with E-state index in [0.29, 0.717) is 24.5 Å². The first-order valence-corrected chi connectivity index (χ1v) is 7.25. The molecular weight excluding hydrogens is 262 g/mol. The van der Waals surface area contributed by atoms with Crippen LogP contribution in [0.4, 0.5) is 6.01 Å². The Hall–Kier alpha value is -1.47. The molecule has 1 aliphatic rings. The number of aromatic nitrogens is 3. The van der Waals surface area contributed by atoms with Gasteiger partial charge in [0.2, 0.25) is 5.89 Å². The normalized spacial score (nSPS) is 15.7. The van der Waals surface area contributed by atoms with E-state index in [1.807, 2.05) is 19.2 Å². The zero-order chi connectivity index (χ0) is 13.3. The van der Waals surface area contributed by atoms with E-state index in [1.54, 1.807) is 17.5 Å². The summed E-state index contributed by atoms with van der Waals surface area (Å²) >= 11 is 1.60. The Morgan fingerprint density at radius 2 is 2.26 bits per heavy atom. The lowest BCUT2D eigenvalue weighted by Gasteiger charge is -2.21. The number of thiazole rings is 1. The molecule has 3 rings (SSSR count). The van der Waals surface area contributed by atoms with E-state index < -0.39 is 0 Å². The fourth-order valence-corrected chi connectivity index (χ4v) is 2.47. The summed E-state index contributed by atoms with van der Waals surface area (Å²) in [6.45, 7) is 4.72.